The molecule has 1 atom stereocenters. The Kier molecular flexibility index (Phi) is 8.77. The molecule has 0 aliphatic carbocycles. The predicted octanol–water partition coefficient (Wildman–Crippen LogP) is 5.53. The Morgan fingerprint density at radius 3 is 2.47 bits per heavy atom. The van der Waals surface area contributed by atoms with Gasteiger partial charge in [0.1, 0.15) is 19.2 Å². The van der Waals surface area contributed by atoms with Crippen molar-refractivity contribution in [3.05, 3.63) is 95.7 Å². The third-order valence-electron chi connectivity index (χ3n) is 7.25. The Morgan fingerprint density at radius 2 is 1.76 bits per heavy atom. The molecule has 0 spiro atoms. The largest absolute Gasteiger partial charge is 0.471 e. The summed E-state index contributed by atoms with van der Waals surface area (Å²) in [7, 11) is 4.18. The minimum Gasteiger partial charge on any atom is -0.471 e. The van der Waals surface area contributed by atoms with E-state index in [-0.39, 0.29) is 12.6 Å². The third kappa shape index (κ3) is 6.21. The Labute approximate surface area is 225 Å². The second-order valence-corrected chi connectivity index (χ2v) is 10.3. The average molecular weight is 513 g/mol. The van der Waals surface area contributed by atoms with E-state index >= 15 is 0 Å². The van der Waals surface area contributed by atoms with E-state index in [4.69, 9.17) is 15.5 Å². The number of primary amides is 1. The average Bonchev–Trinajstić information content (AvgIpc) is 2.92. The number of hydrogen-bond donors (Lipinski definition) is 2. The molecule has 38 heavy (non-hydrogen) atoms. The number of aliphatic hydroxyl groups is 1. The van der Waals surface area contributed by atoms with Crippen molar-refractivity contribution in [3.63, 3.8) is 0 Å². The maximum atomic E-state index is 11.9. The van der Waals surface area contributed by atoms with Crippen LogP contribution in [0.5, 0.6) is 5.88 Å². The zero-order valence-corrected chi connectivity index (χ0v) is 22.6. The molecule has 0 bridgehead atoms. The summed E-state index contributed by atoms with van der Waals surface area (Å²) in [6.07, 6.45) is 3.13. The Bertz CT molecular complexity index is 1390. The lowest BCUT2D eigenvalue weighted by Gasteiger charge is -2.38. The van der Waals surface area contributed by atoms with Gasteiger partial charge in [0.25, 0.3) is 0 Å². The van der Waals surface area contributed by atoms with Crippen LogP contribution in [0.15, 0.2) is 78.9 Å². The van der Waals surface area contributed by atoms with E-state index in [1.54, 1.807) is 6.07 Å². The lowest BCUT2D eigenvalue weighted by molar-refractivity contribution is -0.921. The van der Waals surface area contributed by atoms with Crippen LogP contribution in [0.2, 0.25) is 0 Å². The highest BCUT2D eigenvalue weighted by Crippen LogP contribution is 2.34. The van der Waals surface area contributed by atoms with Crippen molar-refractivity contribution in [1.29, 1.82) is 0 Å². The van der Waals surface area contributed by atoms with Crippen LogP contribution in [0.25, 0.3) is 21.9 Å². The smallest absolute Gasteiger partial charge is 0.248 e. The highest BCUT2D eigenvalue weighted by molar-refractivity contribution is 5.94. The van der Waals surface area contributed by atoms with Gasteiger partial charge in [-0.1, -0.05) is 67.9 Å². The summed E-state index contributed by atoms with van der Waals surface area (Å²) in [5, 5.41) is 12.7. The second-order valence-electron chi connectivity index (χ2n) is 10.3. The number of fused-ring (bicyclic) bond motifs is 1. The molecule has 0 fully saturated rings. The zero-order valence-electron chi connectivity index (χ0n) is 22.6. The number of aryl methyl sites for hydroxylation is 1. The maximum absolute atomic E-state index is 11.9. The molecule has 0 aliphatic rings. The molecule has 6 nitrogen and oxygen atoms in total. The van der Waals surface area contributed by atoms with Crippen LogP contribution in [-0.2, 0) is 6.42 Å². The molecule has 0 unspecified atom stereocenters. The lowest BCUT2D eigenvalue weighted by Crippen LogP contribution is -2.47. The number of ether oxygens (including phenoxy) is 1. The van der Waals surface area contributed by atoms with Gasteiger partial charge in [0.15, 0.2) is 0 Å². The van der Waals surface area contributed by atoms with Gasteiger partial charge in [-0.3, -0.25) is 4.79 Å². The monoisotopic (exact) mass is 512 g/mol. The maximum Gasteiger partial charge on any atom is 0.248 e. The molecule has 1 amide bonds. The van der Waals surface area contributed by atoms with Crippen LogP contribution >= 0.6 is 0 Å². The number of benzene rings is 3. The van der Waals surface area contributed by atoms with Crippen LogP contribution < -0.4 is 10.5 Å². The topological polar surface area (TPSA) is 85.4 Å². The molecule has 198 valence electrons. The van der Waals surface area contributed by atoms with Gasteiger partial charge in [-0.2, -0.15) is 0 Å². The van der Waals surface area contributed by atoms with Gasteiger partial charge in [0, 0.05) is 22.2 Å². The first-order valence-corrected chi connectivity index (χ1v) is 13.3. The van der Waals surface area contributed by atoms with Crippen molar-refractivity contribution < 1.29 is 19.1 Å². The number of nitrogens with two attached hydrogens (primary N) is 1. The molecule has 3 aromatic carbocycles. The Balaban J connectivity index is 1.59. The number of hydrogen-bond acceptors (Lipinski definition) is 4. The number of rotatable bonds is 12. The number of quaternary nitrogens is 1. The summed E-state index contributed by atoms with van der Waals surface area (Å²) in [5.41, 5.74) is 9.90. The van der Waals surface area contributed by atoms with E-state index in [1.165, 1.54) is 0 Å². The molecule has 1 heterocycles. The fraction of sp³-hybridized carbons (Fsp3) is 0.312. The molecular formula is C32H38N3O3+. The van der Waals surface area contributed by atoms with Crippen molar-refractivity contribution in [2.24, 2.45) is 5.73 Å². The van der Waals surface area contributed by atoms with Crippen molar-refractivity contribution in [3.8, 4) is 17.0 Å². The van der Waals surface area contributed by atoms with Gasteiger partial charge in [-0.15, -0.1) is 0 Å². The number of carbonyl (C=O) groups excluding carboxylic acids is 1. The number of aromatic nitrogens is 1. The van der Waals surface area contributed by atoms with Crippen LogP contribution in [0.1, 0.15) is 47.4 Å². The van der Waals surface area contributed by atoms with Crippen molar-refractivity contribution in [2.45, 2.75) is 32.2 Å². The minimum atomic E-state index is -0.475. The number of pyridine rings is 1. The van der Waals surface area contributed by atoms with Gasteiger partial charge in [-0.25, -0.2) is 4.98 Å². The first-order valence-electron chi connectivity index (χ1n) is 13.3. The van der Waals surface area contributed by atoms with E-state index in [1.807, 2.05) is 60.7 Å². The summed E-state index contributed by atoms with van der Waals surface area (Å²) in [6, 6.07) is 25.5. The fourth-order valence-corrected chi connectivity index (χ4v) is 4.91. The number of amides is 1. The standard InChI is InChI=1S/C32H37N3O3/c1-4-5-14-26-20-24-13-9-10-15-27(24)32(34-26)38-19-18-35(2,3)30(22-36)28-17-16-25(31(33)37)21-29(28)23-11-7-6-8-12-23/h6-13,15-17,20-21,30,36H,4-5,14,18-19,22H2,1-3H3,(H-,33,37)/p+1/t30-/m0/s1. The van der Waals surface area contributed by atoms with Crippen molar-refractivity contribution >= 4 is 16.7 Å². The Hall–Kier alpha value is -3.74. The van der Waals surface area contributed by atoms with Gasteiger partial charge in [0.05, 0.1) is 20.7 Å². The van der Waals surface area contributed by atoms with E-state index < -0.39 is 5.91 Å². The van der Waals surface area contributed by atoms with Gasteiger partial charge in [-0.05, 0) is 53.6 Å². The van der Waals surface area contributed by atoms with Crippen LogP contribution in [-0.4, -0.2) is 54.3 Å². The van der Waals surface area contributed by atoms with Crippen LogP contribution in [0, 0.1) is 0 Å². The summed E-state index contributed by atoms with van der Waals surface area (Å²) < 4.78 is 6.79. The van der Waals surface area contributed by atoms with Crippen molar-refractivity contribution in [2.75, 3.05) is 33.9 Å². The first-order chi connectivity index (χ1) is 18.3. The number of nitrogens with zero attached hydrogens (tertiary/aromatic N) is 2. The molecule has 0 aliphatic heterocycles. The molecular weight excluding hydrogens is 474 g/mol. The number of aliphatic hydroxyl groups excluding tert-OH is 1. The van der Waals surface area contributed by atoms with Gasteiger partial charge < -0.3 is 20.1 Å². The van der Waals surface area contributed by atoms with Crippen LogP contribution in [0.3, 0.4) is 0 Å². The molecule has 4 rings (SSSR count). The molecule has 3 N–H and O–H groups in total. The van der Waals surface area contributed by atoms with E-state index in [9.17, 15) is 9.90 Å². The number of likely N-dealkylation sites (N-methyl/N-ethyl adjacent to an activating group) is 1. The summed E-state index contributed by atoms with van der Waals surface area (Å²) in [5.74, 6) is 0.183. The summed E-state index contributed by atoms with van der Waals surface area (Å²) >= 11 is 0. The third-order valence-corrected chi connectivity index (χ3v) is 7.25. The summed E-state index contributed by atoms with van der Waals surface area (Å²) in [4.78, 5) is 16.8. The van der Waals surface area contributed by atoms with E-state index in [0.717, 1.165) is 52.4 Å². The fourth-order valence-electron chi connectivity index (χ4n) is 4.91. The highest BCUT2D eigenvalue weighted by Gasteiger charge is 2.32. The molecule has 0 saturated heterocycles. The van der Waals surface area contributed by atoms with Crippen molar-refractivity contribution in [1.82, 2.24) is 4.98 Å². The quantitative estimate of drug-likeness (QED) is 0.244. The molecule has 1 aromatic heterocycles. The second kappa shape index (κ2) is 12.2. The van der Waals surface area contributed by atoms with Gasteiger partial charge >= 0.3 is 0 Å². The SMILES string of the molecule is CCCCc1cc2ccccc2c(OCC[N+](C)(C)[C@@H](CO)c2ccc(C(N)=O)cc2-c2ccccc2)n1. The van der Waals surface area contributed by atoms with Gasteiger partial charge in [0.2, 0.25) is 11.8 Å². The molecule has 0 radical (unpaired) electrons. The van der Waals surface area contributed by atoms with E-state index in [0.29, 0.717) is 29.1 Å². The molecule has 0 saturated carbocycles. The lowest BCUT2D eigenvalue weighted by atomic mass is 9.91. The minimum absolute atomic E-state index is 0.0591. The molecule has 6 heteroatoms. The predicted molar refractivity (Wildman–Crippen MR) is 153 cm³/mol. The molecule has 4 aromatic rings. The highest BCUT2D eigenvalue weighted by atomic mass is 16.5. The number of carbonyl (C=O) groups is 1. The number of unbranched alkanes of at least 4 members (excludes halogenated alkanes) is 1. The first kappa shape index (κ1) is 27.3. The van der Waals surface area contributed by atoms with Crippen LogP contribution in [0.4, 0.5) is 0 Å². The zero-order chi connectivity index (χ0) is 27.1. The Morgan fingerprint density at radius 1 is 1.03 bits per heavy atom. The summed E-state index contributed by atoms with van der Waals surface area (Å²) in [6.45, 7) is 3.21. The van der Waals surface area contributed by atoms with E-state index in [2.05, 4.69) is 33.2 Å². The normalized spacial score (nSPS) is 12.4.